The fourth-order valence-electron chi connectivity index (χ4n) is 1.51. The van der Waals surface area contributed by atoms with Crippen LogP contribution in [0.5, 0.6) is 0 Å². The third-order valence-corrected chi connectivity index (χ3v) is 2.47. The van der Waals surface area contributed by atoms with E-state index >= 15 is 0 Å². The Hall–Kier alpha value is -1.82. The molecule has 0 fully saturated rings. The van der Waals surface area contributed by atoms with E-state index in [1.807, 2.05) is 24.3 Å². The smallest absolute Gasteiger partial charge is 0.0183 e. The molecule has 1 radical (unpaired) electrons. The van der Waals surface area contributed by atoms with Crippen LogP contribution >= 0.6 is 0 Å². The molecule has 2 aromatic carbocycles. The van der Waals surface area contributed by atoms with Crippen LogP contribution < -0.4 is 0 Å². The van der Waals surface area contributed by atoms with Gasteiger partial charge in [-0.15, -0.1) is 0 Å². The minimum atomic E-state index is 1.06. The highest BCUT2D eigenvalue weighted by Crippen LogP contribution is 2.21. The van der Waals surface area contributed by atoms with Crippen molar-refractivity contribution in [3.05, 3.63) is 77.9 Å². The van der Waals surface area contributed by atoms with Gasteiger partial charge in [0.1, 0.15) is 0 Å². The number of benzene rings is 2. The molecule has 0 atom stereocenters. The van der Waals surface area contributed by atoms with Crippen molar-refractivity contribution in [2.24, 2.45) is 0 Å². The second-order valence-corrected chi connectivity index (χ2v) is 3.63. The van der Waals surface area contributed by atoms with Crippen LogP contribution in [0.4, 0.5) is 0 Å². The quantitative estimate of drug-likeness (QED) is 0.679. The highest BCUT2D eigenvalue weighted by atomic mass is 14.0. The topological polar surface area (TPSA) is 0 Å². The molecule has 0 aromatic heterocycles. The maximum Gasteiger partial charge on any atom is -0.0183 e. The number of hydrogen-bond donors (Lipinski definition) is 0. The lowest BCUT2D eigenvalue weighted by Gasteiger charge is -2.06. The lowest BCUT2D eigenvalue weighted by molar-refractivity contribution is 1.45. The van der Waals surface area contributed by atoms with Gasteiger partial charge >= 0.3 is 0 Å². The van der Waals surface area contributed by atoms with E-state index in [0.717, 1.165) is 11.1 Å². The van der Waals surface area contributed by atoms with E-state index in [2.05, 4.69) is 43.8 Å². The summed E-state index contributed by atoms with van der Waals surface area (Å²) >= 11 is 0. The Balaban J connectivity index is 2.33. The van der Waals surface area contributed by atoms with E-state index < -0.39 is 0 Å². The Morgan fingerprint density at radius 1 is 0.933 bits per heavy atom. The van der Waals surface area contributed by atoms with Gasteiger partial charge in [-0.3, -0.25) is 0 Å². The highest BCUT2D eigenvalue weighted by Gasteiger charge is 2.00. The van der Waals surface area contributed by atoms with Crippen LogP contribution in [0, 0.1) is 13.0 Å². The molecule has 0 aliphatic rings. The third kappa shape index (κ3) is 2.16. The fraction of sp³-hybridized carbons (Fsp3) is 0.0667. The summed E-state index contributed by atoms with van der Waals surface area (Å²) in [5.74, 6) is 0. The van der Waals surface area contributed by atoms with E-state index in [9.17, 15) is 0 Å². The number of hydrogen-bond acceptors (Lipinski definition) is 0. The summed E-state index contributed by atoms with van der Waals surface area (Å²) in [6.07, 6.45) is 0. The monoisotopic (exact) mass is 193 g/mol. The van der Waals surface area contributed by atoms with Crippen LogP contribution in [0.2, 0.25) is 0 Å². The van der Waals surface area contributed by atoms with E-state index in [0.29, 0.717) is 0 Å². The first-order valence-electron chi connectivity index (χ1n) is 5.00. The predicted molar refractivity (Wildman–Crippen MR) is 64.6 cm³/mol. The lowest BCUT2D eigenvalue weighted by atomic mass is 9.99. The molecule has 0 spiro atoms. The minimum absolute atomic E-state index is 1.06. The molecule has 0 bridgehead atoms. The summed E-state index contributed by atoms with van der Waals surface area (Å²) < 4.78 is 0. The van der Waals surface area contributed by atoms with Crippen LogP contribution in [-0.2, 0) is 0 Å². The van der Waals surface area contributed by atoms with Gasteiger partial charge in [-0.1, -0.05) is 60.7 Å². The van der Waals surface area contributed by atoms with Crippen molar-refractivity contribution >= 4 is 5.57 Å². The summed E-state index contributed by atoms with van der Waals surface area (Å²) in [4.78, 5) is 0. The van der Waals surface area contributed by atoms with Crippen LogP contribution in [0.15, 0.2) is 55.1 Å². The van der Waals surface area contributed by atoms with Gasteiger partial charge in [0.2, 0.25) is 0 Å². The Kier molecular flexibility index (Phi) is 2.68. The van der Waals surface area contributed by atoms with Crippen molar-refractivity contribution in [2.75, 3.05) is 0 Å². The van der Waals surface area contributed by atoms with Gasteiger partial charge in [-0.05, 0) is 29.7 Å². The maximum absolute atomic E-state index is 4.11. The Bertz CT molecular complexity index is 449. The summed E-state index contributed by atoms with van der Waals surface area (Å²) in [5, 5.41) is 0. The van der Waals surface area contributed by atoms with E-state index in [1.54, 1.807) is 0 Å². The standard InChI is InChI=1S/C15H13/c1-12-8-10-15(11-9-12)13(2)14-6-4-3-5-7-14/h4-11H,2H2,1H3. The predicted octanol–water partition coefficient (Wildman–Crippen LogP) is 3.86. The van der Waals surface area contributed by atoms with Gasteiger partial charge in [0.25, 0.3) is 0 Å². The van der Waals surface area contributed by atoms with Crippen molar-refractivity contribution in [3.8, 4) is 0 Å². The maximum atomic E-state index is 4.11. The molecule has 0 aliphatic heterocycles. The van der Waals surface area contributed by atoms with Gasteiger partial charge in [0, 0.05) is 0 Å². The number of aryl methyl sites for hydroxylation is 1. The van der Waals surface area contributed by atoms with Crippen molar-refractivity contribution < 1.29 is 0 Å². The molecule has 0 saturated heterocycles. The first-order valence-corrected chi connectivity index (χ1v) is 5.00. The van der Waals surface area contributed by atoms with Gasteiger partial charge < -0.3 is 0 Å². The molecule has 15 heavy (non-hydrogen) atoms. The van der Waals surface area contributed by atoms with Gasteiger partial charge in [0.15, 0.2) is 0 Å². The molecule has 0 amide bonds. The Morgan fingerprint density at radius 3 is 2.07 bits per heavy atom. The van der Waals surface area contributed by atoms with Crippen molar-refractivity contribution in [1.29, 1.82) is 0 Å². The Morgan fingerprint density at radius 2 is 1.47 bits per heavy atom. The Labute approximate surface area is 90.9 Å². The average molecular weight is 193 g/mol. The summed E-state index contributed by atoms with van der Waals surface area (Å²) in [5.41, 5.74) is 4.65. The van der Waals surface area contributed by atoms with E-state index in [-0.39, 0.29) is 0 Å². The first-order chi connectivity index (χ1) is 7.27. The van der Waals surface area contributed by atoms with Gasteiger partial charge in [0.05, 0.1) is 0 Å². The zero-order chi connectivity index (χ0) is 10.7. The normalized spacial score (nSPS) is 9.93. The SMILES string of the molecule is C=C(c1cc[c]cc1)c1ccc(C)cc1. The molecular formula is C15H13. The molecule has 73 valence electrons. The second kappa shape index (κ2) is 4.14. The highest BCUT2D eigenvalue weighted by molar-refractivity contribution is 5.77. The van der Waals surface area contributed by atoms with Crippen molar-refractivity contribution in [1.82, 2.24) is 0 Å². The minimum Gasteiger partial charge on any atom is -0.0906 e. The molecule has 2 rings (SSSR count). The summed E-state index contributed by atoms with van der Waals surface area (Å²) in [6.45, 7) is 6.20. The van der Waals surface area contributed by atoms with Crippen LogP contribution in [-0.4, -0.2) is 0 Å². The molecule has 0 aliphatic carbocycles. The van der Waals surface area contributed by atoms with Crippen LogP contribution in [0.3, 0.4) is 0 Å². The molecule has 0 nitrogen and oxygen atoms in total. The van der Waals surface area contributed by atoms with Crippen LogP contribution in [0.25, 0.3) is 5.57 Å². The van der Waals surface area contributed by atoms with Crippen LogP contribution in [0.1, 0.15) is 16.7 Å². The molecule has 2 aromatic rings. The first kappa shape index (κ1) is 9.72. The van der Waals surface area contributed by atoms with Gasteiger partial charge in [-0.25, -0.2) is 0 Å². The average Bonchev–Trinajstić information content (AvgIpc) is 2.30. The van der Waals surface area contributed by atoms with Crippen molar-refractivity contribution in [3.63, 3.8) is 0 Å². The van der Waals surface area contributed by atoms with Gasteiger partial charge in [-0.2, -0.15) is 0 Å². The zero-order valence-corrected chi connectivity index (χ0v) is 8.83. The number of rotatable bonds is 2. The zero-order valence-electron chi connectivity index (χ0n) is 8.83. The largest absolute Gasteiger partial charge is 0.0906 e. The molecular weight excluding hydrogens is 180 g/mol. The van der Waals surface area contributed by atoms with E-state index in [1.165, 1.54) is 11.1 Å². The molecule has 0 saturated carbocycles. The molecule has 0 heterocycles. The van der Waals surface area contributed by atoms with Crippen molar-refractivity contribution in [2.45, 2.75) is 6.92 Å². The lowest BCUT2D eigenvalue weighted by Crippen LogP contribution is -1.85. The van der Waals surface area contributed by atoms with E-state index in [4.69, 9.17) is 0 Å². The second-order valence-electron chi connectivity index (χ2n) is 3.63. The summed E-state index contributed by atoms with van der Waals surface area (Å²) in [7, 11) is 0. The molecule has 0 heteroatoms. The summed E-state index contributed by atoms with van der Waals surface area (Å²) in [6, 6.07) is 19.3. The third-order valence-electron chi connectivity index (χ3n) is 2.47. The molecule has 0 unspecified atom stereocenters. The fourth-order valence-corrected chi connectivity index (χ4v) is 1.51. The molecule has 0 N–H and O–H groups in total.